The van der Waals surface area contributed by atoms with E-state index in [0.717, 1.165) is 16.9 Å². The van der Waals surface area contributed by atoms with Gasteiger partial charge in [-0.15, -0.1) is 0 Å². The van der Waals surface area contributed by atoms with Crippen molar-refractivity contribution >= 4 is 39.7 Å². The number of aryl methyl sites for hydroxylation is 1. The maximum absolute atomic E-state index is 13.3. The lowest BCUT2D eigenvalue weighted by Crippen LogP contribution is -2.29. The van der Waals surface area contributed by atoms with E-state index in [2.05, 4.69) is 25.8 Å². The Morgan fingerprint density at radius 3 is 2.17 bits per heavy atom. The van der Waals surface area contributed by atoms with Gasteiger partial charge in [0.1, 0.15) is 11.5 Å². The fourth-order valence-corrected chi connectivity index (χ4v) is 5.22. The fourth-order valence-electron chi connectivity index (χ4n) is 4.23. The second-order valence-electron chi connectivity index (χ2n) is 9.74. The number of rotatable bonds is 5. The Morgan fingerprint density at radius 2 is 1.67 bits per heavy atom. The summed E-state index contributed by atoms with van der Waals surface area (Å²) in [6, 6.07) is 13.3. The van der Waals surface area contributed by atoms with Crippen molar-refractivity contribution < 1.29 is 24.2 Å². The number of aliphatic hydroxyl groups is 1. The van der Waals surface area contributed by atoms with E-state index in [1.807, 2.05) is 24.3 Å². The molecule has 3 aromatic rings. The molecule has 4 rings (SSSR count). The SMILES string of the molecule is COc1ccc(C(O)=C2C(=O)C(=O)N(c3nc(C)c(C(C)=O)s3)C2c2ccc(C(C)(C)C)cc2)cc1. The highest BCUT2D eigenvalue weighted by Crippen LogP contribution is 2.44. The van der Waals surface area contributed by atoms with Crippen LogP contribution in [0.5, 0.6) is 5.75 Å². The molecule has 1 fully saturated rings. The van der Waals surface area contributed by atoms with Crippen molar-refractivity contribution in [1.82, 2.24) is 4.98 Å². The van der Waals surface area contributed by atoms with Crippen LogP contribution < -0.4 is 9.64 Å². The molecule has 36 heavy (non-hydrogen) atoms. The van der Waals surface area contributed by atoms with Crippen molar-refractivity contribution in [3.63, 3.8) is 0 Å². The van der Waals surface area contributed by atoms with Crippen LogP contribution in [0.3, 0.4) is 0 Å². The van der Waals surface area contributed by atoms with Crippen molar-refractivity contribution in [3.05, 3.63) is 81.4 Å². The number of ether oxygens (including phenoxy) is 1. The molecule has 1 unspecified atom stereocenters. The number of nitrogens with zero attached hydrogens (tertiary/aromatic N) is 2. The molecule has 0 spiro atoms. The van der Waals surface area contributed by atoms with Gasteiger partial charge in [-0.3, -0.25) is 19.3 Å². The summed E-state index contributed by atoms with van der Waals surface area (Å²) in [5.41, 5.74) is 2.47. The summed E-state index contributed by atoms with van der Waals surface area (Å²) in [4.78, 5) is 44.9. The second kappa shape index (κ2) is 9.35. The lowest BCUT2D eigenvalue weighted by Gasteiger charge is -2.24. The Morgan fingerprint density at radius 1 is 1.06 bits per heavy atom. The number of aromatic nitrogens is 1. The average Bonchev–Trinajstić information content (AvgIpc) is 3.35. The Labute approximate surface area is 214 Å². The van der Waals surface area contributed by atoms with E-state index in [-0.39, 0.29) is 27.7 Å². The third-order valence-corrected chi connectivity index (χ3v) is 7.47. The van der Waals surface area contributed by atoms with Gasteiger partial charge in [-0.25, -0.2) is 4.98 Å². The average molecular weight is 505 g/mol. The van der Waals surface area contributed by atoms with Crippen LogP contribution in [-0.4, -0.2) is 34.7 Å². The number of ketones is 2. The summed E-state index contributed by atoms with van der Waals surface area (Å²) in [5, 5.41) is 11.5. The summed E-state index contributed by atoms with van der Waals surface area (Å²) < 4.78 is 5.19. The van der Waals surface area contributed by atoms with E-state index in [9.17, 15) is 19.5 Å². The van der Waals surface area contributed by atoms with Crippen molar-refractivity contribution in [3.8, 4) is 5.75 Å². The molecule has 1 atom stereocenters. The summed E-state index contributed by atoms with van der Waals surface area (Å²) in [6.07, 6.45) is 0. The molecule has 1 aliphatic rings. The van der Waals surface area contributed by atoms with Crippen LogP contribution >= 0.6 is 11.3 Å². The van der Waals surface area contributed by atoms with Crippen LogP contribution in [-0.2, 0) is 15.0 Å². The number of carbonyl (C=O) groups is 3. The number of methoxy groups -OCH3 is 1. The van der Waals surface area contributed by atoms with E-state index in [4.69, 9.17) is 4.74 Å². The highest BCUT2D eigenvalue weighted by Gasteiger charge is 2.48. The first-order valence-electron chi connectivity index (χ1n) is 11.5. The quantitative estimate of drug-likeness (QED) is 0.211. The third kappa shape index (κ3) is 4.44. The summed E-state index contributed by atoms with van der Waals surface area (Å²) in [7, 11) is 1.53. The number of aliphatic hydroxyl groups excluding tert-OH is 1. The minimum atomic E-state index is -0.911. The molecule has 0 saturated carbocycles. The van der Waals surface area contributed by atoms with Crippen LogP contribution in [0, 0.1) is 6.92 Å². The lowest BCUT2D eigenvalue weighted by atomic mass is 9.85. The minimum absolute atomic E-state index is 0.0362. The first-order chi connectivity index (χ1) is 16.9. The molecule has 0 bridgehead atoms. The first-order valence-corrected chi connectivity index (χ1v) is 12.3. The number of thiazole rings is 1. The van der Waals surface area contributed by atoms with Gasteiger partial charge in [-0.1, -0.05) is 56.4 Å². The zero-order valence-corrected chi connectivity index (χ0v) is 21.9. The zero-order chi connectivity index (χ0) is 26.4. The Kier molecular flexibility index (Phi) is 6.58. The van der Waals surface area contributed by atoms with Crippen LogP contribution in [0.15, 0.2) is 54.1 Å². The van der Waals surface area contributed by atoms with Gasteiger partial charge in [0.05, 0.1) is 29.3 Å². The molecule has 1 N–H and O–H groups in total. The fraction of sp³-hybridized carbons (Fsp3) is 0.286. The lowest BCUT2D eigenvalue weighted by molar-refractivity contribution is -0.132. The van der Waals surface area contributed by atoms with E-state index >= 15 is 0 Å². The standard InChI is InChI=1S/C28H28N2O5S/c1-15-25(16(2)31)36-27(29-15)30-22(17-7-11-19(12-8-17)28(3,4)5)21(24(33)26(30)34)23(32)18-9-13-20(35-6)14-10-18/h7-14,22,32H,1-6H3. The molecule has 1 saturated heterocycles. The predicted molar refractivity (Wildman–Crippen MR) is 140 cm³/mol. The molecule has 7 nitrogen and oxygen atoms in total. The zero-order valence-electron chi connectivity index (χ0n) is 21.1. The van der Waals surface area contributed by atoms with Crippen molar-refractivity contribution in [2.45, 2.75) is 46.1 Å². The maximum Gasteiger partial charge on any atom is 0.301 e. The topological polar surface area (TPSA) is 96.8 Å². The molecule has 1 aliphatic heterocycles. The van der Waals surface area contributed by atoms with Crippen LogP contribution in [0.25, 0.3) is 5.76 Å². The Bertz CT molecular complexity index is 1380. The maximum atomic E-state index is 13.3. The largest absolute Gasteiger partial charge is 0.507 e. The van der Waals surface area contributed by atoms with Gasteiger partial charge in [0, 0.05) is 12.5 Å². The van der Waals surface area contributed by atoms with E-state index < -0.39 is 17.7 Å². The molecular weight excluding hydrogens is 476 g/mol. The van der Waals surface area contributed by atoms with E-state index in [0.29, 0.717) is 27.4 Å². The minimum Gasteiger partial charge on any atom is -0.507 e. The van der Waals surface area contributed by atoms with Crippen molar-refractivity contribution in [2.24, 2.45) is 0 Å². The molecule has 186 valence electrons. The first kappa shape index (κ1) is 25.3. The molecule has 1 aromatic heterocycles. The Hall–Kier alpha value is -3.78. The number of hydrogen-bond acceptors (Lipinski definition) is 7. The third-order valence-electron chi connectivity index (χ3n) is 6.21. The van der Waals surface area contributed by atoms with Gasteiger partial charge in [0.15, 0.2) is 10.9 Å². The number of Topliss-reactive ketones (excluding diaryl/α,β-unsaturated/α-hetero) is 2. The van der Waals surface area contributed by atoms with Crippen molar-refractivity contribution in [2.75, 3.05) is 12.0 Å². The number of amides is 1. The van der Waals surface area contributed by atoms with E-state index in [1.54, 1.807) is 31.2 Å². The molecule has 0 radical (unpaired) electrons. The molecule has 2 aromatic carbocycles. The van der Waals surface area contributed by atoms with Crippen LogP contribution in [0.1, 0.15) is 65.8 Å². The predicted octanol–water partition coefficient (Wildman–Crippen LogP) is 5.59. The molecule has 0 aliphatic carbocycles. The van der Waals surface area contributed by atoms with Gasteiger partial charge in [0.25, 0.3) is 5.78 Å². The van der Waals surface area contributed by atoms with Crippen LogP contribution in [0.4, 0.5) is 5.13 Å². The number of benzene rings is 2. The van der Waals surface area contributed by atoms with Crippen molar-refractivity contribution in [1.29, 1.82) is 0 Å². The van der Waals surface area contributed by atoms with Crippen LogP contribution in [0.2, 0.25) is 0 Å². The van der Waals surface area contributed by atoms with Gasteiger partial charge >= 0.3 is 5.91 Å². The number of hydrogen-bond donors (Lipinski definition) is 1. The molecule has 8 heteroatoms. The summed E-state index contributed by atoms with van der Waals surface area (Å²) in [6.45, 7) is 9.42. The Balaban J connectivity index is 1.92. The van der Waals surface area contributed by atoms with Gasteiger partial charge in [-0.05, 0) is 47.7 Å². The van der Waals surface area contributed by atoms with Gasteiger partial charge in [0.2, 0.25) is 0 Å². The number of anilines is 1. The number of carbonyl (C=O) groups excluding carboxylic acids is 3. The molecular formula is C28H28N2O5S. The molecule has 2 heterocycles. The highest BCUT2D eigenvalue weighted by atomic mass is 32.1. The van der Waals surface area contributed by atoms with E-state index in [1.165, 1.54) is 18.9 Å². The second-order valence-corrected chi connectivity index (χ2v) is 10.7. The smallest absolute Gasteiger partial charge is 0.301 e. The normalized spacial score (nSPS) is 17.5. The summed E-state index contributed by atoms with van der Waals surface area (Å²) >= 11 is 1.06. The highest BCUT2D eigenvalue weighted by molar-refractivity contribution is 7.18. The monoisotopic (exact) mass is 504 g/mol. The van der Waals surface area contributed by atoms with Gasteiger partial charge < -0.3 is 9.84 Å². The van der Waals surface area contributed by atoms with Gasteiger partial charge in [-0.2, -0.15) is 0 Å². The molecule has 1 amide bonds. The summed E-state index contributed by atoms with van der Waals surface area (Å²) in [5.74, 6) is -1.48.